The van der Waals surface area contributed by atoms with E-state index in [0.717, 1.165) is 18.8 Å². The van der Waals surface area contributed by atoms with Gasteiger partial charge in [0.15, 0.2) is 0 Å². The number of likely N-dealkylation sites (N-methyl/N-ethyl adjacent to an activating group) is 1. The smallest absolute Gasteiger partial charge is 0.126 e. The first-order valence-corrected chi connectivity index (χ1v) is 7.44. The lowest BCUT2D eigenvalue weighted by molar-refractivity contribution is 0.356. The van der Waals surface area contributed by atoms with E-state index in [1.54, 1.807) is 0 Å². The molecule has 0 radical (unpaired) electrons. The van der Waals surface area contributed by atoms with Crippen LogP contribution < -0.4 is 5.32 Å². The molecule has 1 aliphatic rings. The Morgan fingerprint density at radius 3 is 2.74 bits per heavy atom. The molecule has 19 heavy (non-hydrogen) atoms. The van der Waals surface area contributed by atoms with Gasteiger partial charge in [0, 0.05) is 18.3 Å². The fourth-order valence-corrected chi connectivity index (χ4v) is 2.90. The van der Waals surface area contributed by atoms with Crippen LogP contribution in [-0.2, 0) is 12.8 Å². The van der Waals surface area contributed by atoms with Crippen LogP contribution in [0.15, 0.2) is 12.1 Å². The summed E-state index contributed by atoms with van der Waals surface area (Å²) >= 11 is 0. The first-order valence-electron chi connectivity index (χ1n) is 7.44. The molecule has 1 heterocycles. The molecule has 0 saturated heterocycles. The van der Waals surface area contributed by atoms with Crippen LogP contribution in [0.3, 0.4) is 0 Å². The Labute approximate surface area is 117 Å². The van der Waals surface area contributed by atoms with Gasteiger partial charge in [0.1, 0.15) is 5.82 Å². The number of fused-ring (bicyclic) bond motifs is 1. The van der Waals surface area contributed by atoms with Crippen LogP contribution in [0, 0.1) is 5.92 Å². The molecule has 0 fully saturated rings. The Morgan fingerprint density at radius 1 is 1.26 bits per heavy atom. The largest absolute Gasteiger partial charge is 0.366 e. The van der Waals surface area contributed by atoms with Crippen molar-refractivity contribution >= 4 is 5.82 Å². The Balaban J connectivity index is 2.03. The number of nitrogens with one attached hydrogen (secondary N) is 1. The zero-order valence-corrected chi connectivity index (χ0v) is 12.7. The van der Waals surface area contributed by atoms with E-state index in [-0.39, 0.29) is 0 Å². The molecule has 0 aromatic carbocycles. The normalized spacial score (nSPS) is 15.9. The number of anilines is 1. The summed E-state index contributed by atoms with van der Waals surface area (Å²) in [7, 11) is 4.26. The number of aryl methyl sites for hydroxylation is 2. The second-order valence-corrected chi connectivity index (χ2v) is 6.39. The number of pyridine rings is 1. The molecule has 1 atom stereocenters. The lowest BCUT2D eigenvalue weighted by atomic mass is 10.0. The molecule has 1 aromatic rings. The van der Waals surface area contributed by atoms with E-state index in [2.05, 4.69) is 50.3 Å². The molecule has 3 nitrogen and oxygen atoms in total. The van der Waals surface area contributed by atoms with Crippen LogP contribution >= 0.6 is 0 Å². The second kappa shape index (κ2) is 6.38. The third kappa shape index (κ3) is 4.20. The summed E-state index contributed by atoms with van der Waals surface area (Å²) in [6.07, 6.45) is 4.79. The lowest BCUT2D eigenvalue weighted by Crippen LogP contribution is -2.33. The molecule has 0 saturated carbocycles. The van der Waals surface area contributed by atoms with Crippen molar-refractivity contribution in [3.05, 3.63) is 23.4 Å². The zero-order valence-electron chi connectivity index (χ0n) is 12.7. The van der Waals surface area contributed by atoms with E-state index in [0.29, 0.717) is 12.0 Å². The molecule has 0 amide bonds. The highest BCUT2D eigenvalue weighted by atomic mass is 15.1. The maximum Gasteiger partial charge on any atom is 0.126 e. The first-order chi connectivity index (χ1) is 9.04. The molecular formula is C16H27N3. The number of hydrogen-bond donors (Lipinski definition) is 1. The predicted octanol–water partition coefficient (Wildman–Crippen LogP) is 2.96. The number of nitrogens with zero attached hydrogens (tertiary/aromatic N) is 2. The fourth-order valence-electron chi connectivity index (χ4n) is 2.90. The van der Waals surface area contributed by atoms with E-state index in [9.17, 15) is 0 Å². The van der Waals surface area contributed by atoms with Crippen molar-refractivity contribution in [3.63, 3.8) is 0 Å². The van der Waals surface area contributed by atoms with Gasteiger partial charge in [-0.2, -0.15) is 0 Å². The van der Waals surface area contributed by atoms with Gasteiger partial charge in [-0.1, -0.05) is 19.9 Å². The van der Waals surface area contributed by atoms with E-state index in [4.69, 9.17) is 4.98 Å². The monoisotopic (exact) mass is 261 g/mol. The second-order valence-electron chi connectivity index (χ2n) is 6.39. The topological polar surface area (TPSA) is 28.2 Å². The standard InChI is InChI=1S/C16H27N3/c1-12(2)10-14(11-19(3)4)17-16-9-8-13-6-5-7-15(13)18-16/h8-9,12,14H,5-7,10-11H2,1-4H3,(H,17,18). The fraction of sp³-hybridized carbons (Fsp3) is 0.688. The Bertz CT molecular complexity index is 402. The zero-order chi connectivity index (χ0) is 13.8. The highest BCUT2D eigenvalue weighted by Gasteiger charge is 2.15. The van der Waals surface area contributed by atoms with Crippen LogP contribution in [-0.4, -0.2) is 36.6 Å². The third-order valence-corrected chi connectivity index (χ3v) is 3.62. The minimum atomic E-state index is 0.474. The van der Waals surface area contributed by atoms with Crippen molar-refractivity contribution < 1.29 is 0 Å². The Hall–Kier alpha value is -1.09. The van der Waals surface area contributed by atoms with Gasteiger partial charge in [-0.3, -0.25) is 0 Å². The molecule has 106 valence electrons. The third-order valence-electron chi connectivity index (χ3n) is 3.62. The average Bonchev–Trinajstić information content (AvgIpc) is 2.74. The van der Waals surface area contributed by atoms with Crippen LogP contribution in [0.1, 0.15) is 37.9 Å². The van der Waals surface area contributed by atoms with Gasteiger partial charge in [-0.15, -0.1) is 0 Å². The van der Waals surface area contributed by atoms with Gasteiger partial charge < -0.3 is 10.2 Å². The van der Waals surface area contributed by atoms with Gasteiger partial charge >= 0.3 is 0 Å². The van der Waals surface area contributed by atoms with E-state index in [1.807, 2.05) is 0 Å². The Kier molecular flexibility index (Phi) is 4.81. The minimum absolute atomic E-state index is 0.474. The van der Waals surface area contributed by atoms with Gasteiger partial charge in [0.05, 0.1) is 0 Å². The van der Waals surface area contributed by atoms with Crippen molar-refractivity contribution in [2.45, 2.75) is 45.6 Å². The highest BCUT2D eigenvalue weighted by Crippen LogP contribution is 2.22. The summed E-state index contributed by atoms with van der Waals surface area (Å²) in [6.45, 7) is 5.61. The van der Waals surface area contributed by atoms with Crippen molar-refractivity contribution in [2.75, 3.05) is 26.0 Å². The maximum absolute atomic E-state index is 4.78. The number of hydrogen-bond acceptors (Lipinski definition) is 3. The SMILES string of the molecule is CC(C)CC(CN(C)C)Nc1ccc2c(n1)CCC2. The van der Waals surface area contributed by atoms with Gasteiger partial charge in [-0.05, 0) is 57.3 Å². The van der Waals surface area contributed by atoms with E-state index >= 15 is 0 Å². The van der Waals surface area contributed by atoms with Crippen LogP contribution in [0.5, 0.6) is 0 Å². The predicted molar refractivity (Wildman–Crippen MR) is 81.7 cm³/mol. The molecule has 0 bridgehead atoms. The quantitative estimate of drug-likeness (QED) is 0.853. The number of aromatic nitrogens is 1. The van der Waals surface area contributed by atoms with Gasteiger partial charge in [0.2, 0.25) is 0 Å². The van der Waals surface area contributed by atoms with E-state index < -0.39 is 0 Å². The van der Waals surface area contributed by atoms with E-state index in [1.165, 1.54) is 30.5 Å². The highest BCUT2D eigenvalue weighted by molar-refractivity contribution is 5.41. The molecule has 1 aliphatic carbocycles. The van der Waals surface area contributed by atoms with Crippen molar-refractivity contribution in [1.82, 2.24) is 9.88 Å². The molecule has 2 rings (SSSR count). The molecular weight excluding hydrogens is 234 g/mol. The molecule has 0 spiro atoms. The van der Waals surface area contributed by atoms with Crippen molar-refractivity contribution in [2.24, 2.45) is 5.92 Å². The molecule has 1 aromatic heterocycles. The molecule has 1 N–H and O–H groups in total. The summed E-state index contributed by atoms with van der Waals surface area (Å²) in [5.41, 5.74) is 2.75. The van der Waals surface area contributed by atoms with Crippen LogP contribution in [0.25, 0.3) is 0 Å². The van der Waals surface area contributed by atoms with Crippen molar-refractivity contribution in [3.8, 4) is 0 Å². The summed E-state index contributed by atoms with van der Waals surface area (Å²) in [5.74, 6) is 1.75. The summed E-state index contributed by atoms with van der Waals surface area (Å²) in [6, 6.07) is 4.87. The van der Waals surface area contributed by atoms with Crippen LogP contribution in [0.2, 0.25) is 0 Å². The van der Waals surface area contributed by atoms with Crippen LogP contribution in [0.4, 0.5) is 5.82 Å². The average molecular weight is 261 g/mol. The minimum Gasteiger partial charge on any atom is -0.366 e. The number of rotatable bonds is 6. The molecule has 3 heteroatoms. The lowest BCUT2D eigenvalue weighted by Gasteiger charge is -2.24. The summed E-state index contributed by atoms with van der Waals surface area (Å²) in [4.78, 5) is 7.02. The summed E-state index contributed by atoms with van der Waals surface area (Å²) < 4.78 is 0. The van der Waals surface area contributed by atoms with Gasteiger partial charge in [-0.25, -0.2) is 4.98 Å². The first kappa shape index (κ1) is 14.3. The van der Waals surface area contributed by atoms with Gasteiger partial charge in [0.25, 0.3) is 0 Å². The molecule has 1 unspecified atom stereocenters. The summed E-state index contributed by atoms with van der Waals surface area (Å²) in [5, 5.41) is 3.62. The Morgan fingerprint density at radius 2 is 2.05 bits per heavy atom. The molecule has 0 aliphatic heterocycles. The maximum atomic E-state index is 4.78. The van der Waals surface area contributed by atoms with Crippen molar-refractivity contribution in [1.29, 1.82) is 0 Å².